The molecule has 0 aromatic heterocycles. The molecule has 3 aromatic carbocycles. The van der Waals surface area contributed by atoms with Crippen LogP contribution in [0.3, 0.4) is 0 Å². The van der Waals surface area contributed by atoms with Crippen molar-refractivity contribution in [2.75, 3.05) is 0 Å². The Balaban J connectivity index is 0.000000221. The van der Waals surface area contributed by atoms with Gasteiger partial charge in [0.25, 0.3) is 0 Å². The van der Waals surface area contributed by atoms with Gasteiger partial charge in [-0.15, -0.1) is 0 Å². The molecule has 0 atom stereocenters. The lowest BCUT2D eigenvalue weighted by Crippen LogP contribution is -2.18. The molecule has 0 heterocycles. The first-order valence-electron chi connectivity index (χ1n) is 9.53. The Labute approximate surface area is 172 Å². The minimum absolute atomic E-state index is 0.136. The van der Waals surface area contributed by atoms with Gasteiger partial charge in [0.15, 0.2) is 0 Å². The summed E-state index contributed by atoms with van der Waals surface area (Å²) in [6.07, 6.45) is 0. The molecular weight excluding hydrogens is 364 g/mol. The number of phenols is 4. The normalized spacial score (nSPS) is 11.5. The highest BCUT2D eigenvalue weighted by atomic mass is 16.3. The summed E-state index contributed by atoms with van der Waals surface area (Å²) in [6, 6.07) is 19.0. The summed E-state index contributed by atoms with van der Waals surface area (Å²) in [7, 11) is 0. The average Bonchev–Trinajstić information content (AvgIpc) is 2.64. The van der Waals surface area contributed by atoms with Crippen LogP contribution in [0.5, 0.6) is 23.0 Å². The molecule has 0 spiro atoms. The standard InChI is InChI=1S/C15H16O2.C10H14O2/c1-15(2,11-3-7-13(16)8-4-11)12-5-9-14(17)10-6-12;1-10(2,3)8-6-7(11)4-5-9(8)12/h3-10,16-17H,1-2H3;4-6,11-12H,1-3H3. The Morgan fingerprint density at radius 2 is 0.897 bits per heavy atom. The van der Waals surface area contributed by atoms with Crippen molar-refractivity contribution in [1.82, 2.24) is 0 Å². The zero-order valence-electron chi connectivity index (χ0n) is 17.6. The Morgan fingerprint density at radius 1 is 0.517 bits per heavy atom. The predicted molar refractivity (Wildman–Crippen MR) is 117 cm³/mol. The monoisotopic (exact) mass is 394 g/mol. The van der Waals surface area contributed by atoms with Gasteiger partial charge in [0.05, 0.1) is 0 Å². The van der Waals surface area contributed by atoms with E-state index in [1.54, 1.807) is 30.3 Å². The first-order valence-corrected chi connectivity index (χ1v) is 9.53. The predicted octanol–water partition coefficient (Wildman–Crippen LogP) is 5.82. The third-order valence-corrected chi connectivity index (χ3v) is 4.97. The summed E-state index contributed by atoms with van der Waals surface area (Å²) in [6.45, 7) is 10.2. The molecule has 4 nitrogen and oxygen atoms in total. The first-order chi connectivity index (χ1) is 13.4. The number of hydrogen-bond acceptors (Lipinski definition) is 4. The number of aromatic hydroxyl groups is 4. The van der Waals surface area contributed by atoms with Crippen molar-refractivity contribution in [2.45, 2.75) is 45.4 Å². The molecule has 0 saturated heterocycles. The third kappa shape index (κ3) is 5.67. The average molecular weight is 395 g/mol. The SMILES string of the molecule is CC(C)(C)c1cc(O)ccc1O.CC(C)(c1ccc(O)cc1)c1ccc(O)cc1. The zero-order chi connectivity index (χ0) is 21.8. The Hall–Kier alpha value is -3.14. The summed E-state index contributed by atoms with van der Waals surface area (Å²) in [5, 5.41) is 37.2. The van der Waals surface area contributed by atoms with E-state index in [1.165, 1.54) is 12.1 Å². The molecule has 3 rings (SSSR count). The summed E-state index contributed by atoms with van der Waals surface area (Å²) in [5.41, 5.74) is 2.73. The maximum atomic E-state index is 9.46. The smallest absolute Gasteiger partial charge is 0.119 e. The lowest BCUT2D eigenvalue weighted by molar-refractivity contribution is 0.435. The van der Waals surface area contributed by atoms with Crippen LogP contribution in [0.25, 0.3) is 0 Å². The van der Waals surface area contributed by atoms with Crippen molar-refractivity contribution >= 4 is 0 Å². The molecule has 0 saturated carbocycles. The van der Waals surface area contributed by atoms with Crippen LogP contribution < -0.4 is 0 Å². The van der Waals surface area contributed by atoms with E-state index in [2.05, 4.69) is 13.8 Å². The highest BCUT2D eigenvalue weighted by Gasteiger charge is 2.22. The van der Waals surface area contributed by atoms with Gasteiger partial charge in [-0.25, -0.2) is 0 Å². The van der Waals surface area contributed by atoms with E-state index in [0.717, 1.165) is 16.7 Å². The maximum absolute atomic E-state index is 9.46. The highest BCUT2D eigenvalue weighted by Crippen LogP contribution is 2.33. The van der Waals surface area contributed by atoms with Gasteiger partial charge in [0.2, 0.25) is 0 Å². The Morgan fingerprint density at radius 3 is 1.24 bits per heavy atom. The molecule has 0 unspecified atom stereocenters. The van der Waals surface area contributed by atoms with Crippen LogP contribution in [-0.4, -0.2) is 20.4 Å². The van der Waals surface area contributed by atoms with Crippen molar-refractivity contribution in [2.24, 2.45) is 0 Å². The molecule has 0 aliphatic heterocycles. The minimum atomic E-state index is -0.151. The summed E-state index contributed by atoms with van der Waals surface area (Å²) >= 11 is 0. The van der Waals surface area contributed by atoms with Crippen molar-refractivity contribution < 1.29 is 20.4 Å². The van der Waals surface area contributed by atoms with Gasteiger partial charge in [-0.05, 0) is 59.0 Å². The van der Waals surface area contributed by atoms with Crippen LogP contribution >= 0.6 is 0 Å². The third-order valence-electron chi connectivity index (χ3n) is 4.97. The van der Waals surface area contributed by atoms with Gasteiger partial charge in [-0.2, -0.15) is 0 Å². The largest absolute Gasteiger partial charge is 0.508 e. The van der Waals surface area contributed by atoms with Crippen LogP contribution in [0.4, 0.5) is 0 Å². The van der Waals surface area contributed by atoms with E-state index in [9.17, 15) is 20.4 Å². The molecule has 29 heavy (non-hydrogen) atoms. The number of rotatable bonds is 2. The summed E-state index contributed by atoms with van der Waals surface area (Å²) < 4.78 is 0. The molecule has 154 valence electrons. The summed E-state index contributed by atoms with van der Waals surface area (Å²) in [5.74, 6) is 0.975. The second-order valence-electron chi connectivity index (χ2n) is 8.67. The zero-order valence-corrected chi connectivity index (χ0v) is 17.6. The molecular formula is C25H30O4. The first kappa shape index (κ1) is 22.2. The van der Waals surface area contributed by atoms with E-state index in [4.69, 9.17) is 0 Å². The highest BCUT2D eigenvalue weighted by molar-refractivity contribution is 5.43. The van der Waals surface area contributed by atoms with E-state index >= 15 is 0 Å². The molecule has 0 amide bonds. The number of benzene rings is 3. The van der Waals surface area contributed by atoms with Crippen LogP contribution in [0.15, 0.2) is 66.7 Å². The van der Waals surface area contributed by atoms with Gasteiger partial charge in [-0.1, -0.05) is 58.9 Å². The fraction of sp³-hybridized carbons (Fsp3) is 0.280. The summed E-state index contributed by atoms with van der Waals surface area (Å²) in [4.78, 5) is 0. The van der Waals surface area contributed by atoms with Crippen LogP contribution in [0, 0.1) is 0 Å². The van der Waals surface area contributed by atoms with Crippen LogP contribution in [0.2, 0.25) is 0 Å². The molecule has 4 N–H and O–H groups in total. The van der Waals surface area contributed by atoms with E-state index in [1.807, 2.05) is 45.0 Å². The van der Waals surface area contributed by atoms with Crippen LogP contribution in [-0.2, 0) is 10.8 Å². The Bertz CT molecular complexity index is 887. The van der Waals surface area contributed by atoms with E-state index in [0.29, 0.717) is 0 Å². The molecule has 0 bridgehead atoms. The van der Waals surface area contributed by atoms with Gasteiger partial charge in [-0.3, -0.25) is 0 Å². The molecule has 0 fully saturated rings. The van der Waals surface area contributed by atoms with Gasteiger partial charge in [0.1, 0.15) is 23.0 Å². The van der Waals surface area contributed by atoms with Crippen molar-refractivity contribution in [1.29, 1.82) is 0 Å². The minimum Gasteiger partial charge on any atom is -0.508 e. The molecule has 0 radical (unpaired) electrons. The van der Waals surface area contributed by atoms with Crippen molar-refractivity contribution in [3.05, 3.63) is 83.4 Å². The number of hydrogen-bond donors (Lipinski definition) is 4. The molecule has 0 aliphatic rings. The van der Waals surface area contributed by atoms with Crippen molar-refractivity contribution in [3.63, 3.8) is 0 Å². The number of phenolic OH excluding ortho intramolecular Hbond substituents is 4. The molecule has 0 aliphatic carbocycles. The van der Waals surface area contributed by atoms with E-state index in [-0.39, 0.29) is 33.8 Å². The fourth-order valence-corrected chi connectivity index (χ4v) is 3.05. The fourth-order valence-electron chi connectivity index (χ4n) is 3.05. The lowest BCUT2D eigenvalue weighted by Gasteiger charge is -2.26. The maximum Gasteiger partial charge on any atom is 0.119 e. The second-order valence-corrected chi connectivity index (χ2v) is 8.67. The second kappa shape index (κ2) is 8.48. The quantitative estimate of drug-likeness (QED) is 0.413. The van der Waals surface area contributed by atoms with E-state index < -0.39 is 0 Å². The molecule has 4 heteroatoms. The lowest BCUT2D eigenvalue weighted by atomic mass is 9.78. The van der Waals surface area contributed by atoms with Gasteiger partial charge in [0, 0.05) is 11.0 Å². The molecule has 3 aromatic rings. The topological polar surface area (TPSA) is 80.9 Å². The van der Waals surface area contributed by atoms with Crippen molar-refractivity contribution in [3.8, 4) is 23.0 Å². The van der Waals surface area contributed by atoms with Gasteiger partial charge < -0.3 is 20.4 Å². The van der Waals surface area contributed by atoms with Gasteiger partial charge >= 0.3 is 0 Å². The van der Waals surface area contributed by atoms with Crippen LogP contribution in [0.1, 0.15) is 51.3 Å². The Kier molecular flexibility index (Phi) is 6.48.